The van der Waals surface area contributed by atoms with E-state index in [9.17, 15) is 14.0 Å². The Morgan fingerprint density at radius 3 is 2.26 bits per heavy atom. The van der Waals surface area contributed by atoms with Gasteiger partial charge in [-0.05, 0) is 55.3 Å². The second-order valence-electron chi connectivity index (χ2n) is 7.11. The summed E-state index contributed by atoms with van der Waals surface area (Å²) < 4.78 is 18.8. The number of nitrogens with one attached hydrogen (secondary N) is 2. The number of hydrogen-bond donors (Lipinski definition) is 2. The van der Waals surface area contributed by atoms with E-state index < -0.39 is 6.10 Å². The number of carbonyl (C=O) groups excluding carboxylic acids is 2. The summed E-state index contributed by atoms with van der Waals surface area (Å²) in [5.41, 5.74) is 1.73. The van der Waals surface area contributed by atoms with Crippen LogP contribution in [0.5, 0.6) is 5.75 Å². The normalized spacial score (nSPS) is 12.5. The molecule has 0 spiro atoms. The van der Waals surface area contributed by atoms with E-state index in [4.69, 9.17) is 4.74 Å². The third-order valence-electron chi connectivity index (χ3n) is 4.83. The Kier molecular flexibility index (Phi) is 7.38. The van der Waals surface area contributed by atoms with E-state index >= 15 is 0 Å². The predicted octanol–water partition coefficient (Wildman–Crippen LogP) is 5.11. The van der Waals surface area contributed by atoms with Gasteiger partial charge in [0, 0.05) is 0 Å². The number of rotatable bonds is 8. The Bertz CT molecular complexity index is 1020. The SMILES string of the molecule is CC[C@@H](Oc1ccc(F)cc1)C(=O)Nc1ccccc1C(=O)N[C@H](C)c1ccccc1. The molecule has 5 nitrogen and oxygen atoms in total. The van der Waals surface area contributed by atoms with Crippen LogP contribution in [-0.4, -0.2) is 17.9 Å². The van der Waals surface area contributed by atoms with Gasteiger partial charge in [0.25, 0.3) is 11.8 Å². The maximum atomic E-state index is 13.1. The van der Waals surface area contributed by atoms with Gasteiger partial charge in [0.1, 0.15) is 11.6 Å². The zero-order chi connectivity index (χ0) is 22.2. The van der Waals surface area contributed by atoms with Crippen LogP contribution in [0, 0.1) is 5.82 Å². The highest BCUT2D eigenvalue weighted by Crippen LogP contribution is 2.20. The lowest BCUT2D eigenvalue weighted by atomic mass is 10.1. The molecule has 0 aliphatic carbocycles. The van der Waals surface area contributed by atoms with Crippen molar-refractivity contribution in [2.24, 2.45) is 0 Å². The van der Waals surface area contributed by atoms with Crippen LogP contribution in [0.2, 0.25) is 0 Å². The van der Waals surface area contributed by atoms with E-state index in [1.54, 1.807) is 24.3 Å². The third-order valence-corrected chi connectivity index (χ3v) is 4.83. The van der Waals surface area contributed by atoms with Crippen LogP contribution in [0.1, 0.15) is 42.2 Å². The topological polar surface area (TPSA) is 67.4 Å². The molecule has 0 saturated heterocycles. The van der Waals surface area contributed by atoms with Gasteiger partial charge in [-0.3, -0.25) is 9.59 Å². The van der Waals surface area contributed by atoms with Crippen molar-refractivity contribution in [2.75, 3.05) is 5.32 Å². The first-order valence-corrected chi connectivity index (χ1v) is 10.2. The van der Waals surface area contributed by atoms with Crippen LogP contribution in [0.15, 0.2) is 78.9 Å². The van der Waals surface area contributed by atoms with Gasteiger partial charge in [-0.2, -0.15) is 0 Å². The maximum Gasteiger partial charge on any atom is 0.265 e. The van der Waals surface area contributed by atoms with Crippen molar-refractivity contribution in [1.82, 2.24) is 5.32 Å². The van der Waals surface area contributed by atoms with E-state index in [0.717, 1.165) is 5.56 Å². The largest absolute Gasteiger partial charge is 0.481 e. The van der Waals surface area contributed by atoms with Gasteiger partial charge < -0.3 is 15.4 Å². The lowest BCUT2D eigenvalue weighted by Crippen LogP contribution is -2.34. The van der Waals surface area contributed by atoms with Crippen molar-refractivity contribution < 1.29 is 18.7 Å². The van der Waals surface area contributed by atoms with Gasteiger partial charge in [0.15, 0.2) is 6.10 Å². The molecule has 6 heteroatoms. The van der Waals surface area contributed by atoms with E-state index in [2.05, 4.69) is 10.6 Å². The predicted molar refractivity (Wildman–Crippen MR) is 119 cm³/mol. The highest BCUT2D eigenvalue weighted by atomic mass is 19.1. The molecule has 3 aromatic carbocycles. The lowest BCUT2D eigenvalue weighted by molar-refractivity contribution is -0.122. The van der Waals surface area contributed by atoms with Crippen LogP contribution in [0.4, 0.5) is 10.1 Å². The Morgan fingerprint density at radius 2 is 1.58 bits per heavy atom. The summed E-state index contributed by atoms with van der Waals surface area (Å²) in [6.45, 7) is 3.71. The molecule has 2 N–H and O–H groups in total. The van der Waals surface area contributed by atoms with Gasteiger partial charge in [0.2, 0.25) is 0 Å². The molecule has 31 heavy (non-hydrogen) atoms. The molecule has 160 valence electrons. The van der Waals surface area contributed by atoms with E-state index in [0.29, 0.717) is 23.4 Å². The van der Waals surface area contributed by atoms with Gasteiger partial charge in [0.05, 0.1) is 17.3 Å². The number of hydrogen-bond acceptors (Lipinski definition) is 3. The standard InChI is InChI=1S/C25H25FN2O3/c1-3-23(31-20-15-13-19(26)14-16-20)25(30)28-22-12-8-7-11-21(22)24(29)27-17(2)18-9-5-4-6-10-18/h4-17,23H,3H2,1-2H3,(H,27,29)(H,28,30)/t17-,23-/m1/s1. The average Bonchev–Trinajstić information content (AvgIpc) is 2.79. The summed E-state index contributed by atoms with van der Waals surface area (Å²) in [5, 5.41) is 5.75. The number of benzene rings is 3. The molecular formula is C25H25FN2O3. The van der Waals surface area contributed by atoms with Crippen molar-refractivity contribution in [3.05, 3.63) is 95.8 Å². The first-order valence-electron chi connectivity index (χ1n) is 10.2. The molecule has 2 amide bonds. The fraction of sp³-hybridized carbons (Fsp3) is 0.200. The molecule has 0 heterocycles. The fourth-order valence-corrected chi connectivity index (χ4v) is 3.10. The van der Waals surface area contributed by atoms with Crippen LogP contribution in [0.3, 0.4) is 0 Å². The molecular weight excluding hydrogens is 395 g/mol. The van der Waals surface area contributed by atoms with Crippen LogP contribution in [0.25, 0.3) is 0 Å². The van der Waals surface area contributed by atoms with Gasteiger partial charge >= 0.3 is 0 Å². The maximum absolute atomic E-state index is 13.1. The molecule has 0 aliphatic heterocycles. The summed E-state index contributed by atoms with van der Waals surface area (Å²) in [5.74, 6) is -0.663. The number of halogens is 1. The Balaban J connectivity index is 1.70. The molecule has 0 saturated carbocycles. The number of ether oxygens (including phenoxy) is 1. The molecule has 0 radical (unpaired) electrons. The minimum Gasteiger partial charge on any atom is -0.481 e. The minimum absolute atomic E-state index is 0.192. The Morgan fingerprint density at radius 1 is 0.935 bits per heavy atom. The fourth-order valence-electron chi connectivity index (χ4n) is 3.10. The van der Waals surface area contributed by atoms with Gasteiger partial charge in [-0.15, -0.1) is 0 Å². The van der Waals surface area contributed by atoms with Crippen molar-refractivity contribution >= 4 is 17.5 Å². The summed E-state index contributed by atoms with van der Waals surface area (Å²) in [4.78, 5) is 25.7. The van der Waals surface area contributed by atoms with Gasteiger partial charge in [-0.25, -0.2) is 4.39 Å². The molecule has 3 aromatic rings. The Labute approximate surface area is 181 Å². The zero-order valence-corrected chi connectivity index (χ0v) is 17.5. The monoisotopic (exact) mass is 420 g/mol. The molecule has 0 aliphatic rings. The minimum atomic E-state index is -0.787. The smallest absolute Gasteiger partial charge is 0.265 e. The highest BCUT2D eigenvalue weighted by molar-refractivity contribution is 6.04. The zero-order valence-electron chi connectivity index (χ0n) is 17.5. The van der Waals surface area contributed by atoms with Crippen LogP contribution >= 0.6 is 0 Å². The Hall–Kier alpha value is -3.67. The number of anilines is 1. The molecule has 2 atom stereocenters. The summed E-state index contributed by atoms with van der Waals surface area (Å²) in [6.07, 6.45) is -0.382. The summed E-state index contributed by atoms with van der Waals surface area (Å²) in [6, 6.07) is 21.7. The molecule has 0 unspecified atom stereocenters. The second kappa shape index (κ2) is 10.4. The lowest BCUT2D eigenvalue weighted by Gasteiger charge is -2.19. The number of amides is 2. The van der Waals surface area contributed by atoms with Crippen LogP contribution in [-0.2, 0) is 4.79 Å². The van der Waals surface area contributed by atoms with Crippen molar-refractivity contribution in [2.45, 2.75) is 32.4 Å². The number of para-hydroxylation sites is 1. The first-order chi connectivity index (χ1) is 15.0. The second-order valence-corrected chi connectivity index (χ2v) is 7.11. The van der Waals surface area contributed by atoms with Crippen molar-refractivity contribution in [1.29, 1.82) is 0 Å². The molecule has 0 fully saturated rings. The van der Waals surface area contributed by atoms with E-state index in [-0.39, 0.29) is 23.7 Å². The van der Waals surface area contributed by atoms with E-state index in [1.807, 2.05) is 44.2 Å². The van der Waals surface area contributed by atoms with E-state index in [1.165, 1.54) is 24.3 Å². The molecule has 0 bridgehead atoms. The quantitative estimate of drug-likeness (QED) is 0.532. The van der Waals surface area contributed by atoms with Gasteiger partial charge in [-0.1, -0.05) is 49.4 Å². The summed E-state index contributed by atoms with van der Waals surface area (Å²) >= 11 is 0. The van der Waals surface area contributed by atoms with Crippen molar-refractivity contribution in [3.8, 4) is 5.75 Å². The highest BCUT2D eigenvalue weighted by Gasteiger charge is 2.21. The average molecular weight is 420 g/mol. The van der Waals surface area contributed by atoms with Crippen LogP contribution < -0.4 is 15.4 Å². The molecule has 3 rings (SSSR count). The summed E-state index contributed by atoms with van der Waals surface area (Å²) in [7, 11) is 0. The number of carbonyl (C=O) groups is 2. The molecule has 0 aromatic heterocycles. The first kappa shape index (κ1) is 22.0. The van der Waals surface area contributed by atoms with Crippen molar-refractivity contribution in [3.63, 3.8) is 0 Å². The third kappa shape index (κ3) is 5.92.